The summed E-state index contributed by atoms with van der Waals surface area (Å²) in [7, 11) is 1.59. The van der Waals surface area contributed by atoms with Gasteiger partial charge in [0.05, 0.1) is 12.3 Å². The number of ether oxygens (including phenoxy) is 3. The van der Waals surface area contributed by atoms with Crippen LogP contribution in [0.25, 0.3) is 11.3 Å². The number of aryl methyl sites for hydroxylation is 1. The molecule has 1 aliphatic heterocycles. The molecule has 3 rings (SSSR count). The van der Waals surface area contributed by atoms with E-state index < -0.39 is 0 Å². The third kappa shape index (κ3) is 3.00. The summed E-state index contributed by atoms with van der Waals surface area (Å²) in [6, 6.07) is 5.25. The summed E-state index contributed by atoms with van der Waals surface area (Å²) in [5.74, 6) is 1.45. The number of aromatic nitrogens is 1. The van der Waals surface area contributed by atoms with Crippen LogP contribution in [-0.4, -0.2) is 37.6 Å². The molecule has 23 heavy (non-hydrogen) atoms. The normalized spacial score (nSPS) is 13.9. The van der Waals surface area contributed by atoms with Gasteiger partial charge in [-0.15, -0.1) is 0 Å². The molecule has 0 saturated heterocycles. The van der Waals surface area contributed by atoms with E-state index in [1.165, 1.54) is 0 Å². The number of nitrogens with zero attached hydrogens (tertiary/aromatic N) is 1. The first kappa shape index (κ1) is 15.4. The van der Waals surface area contributed by atoms with Gasteiger partial charge in [-0.1, -0.05) is 5.16 Å². The van der Waals surface area contributed by atoms with E-state index in [2.05, 4.69) is 10.5 Å². The summed E-state index contributed by atoms with van der Waals surface area (Å²) < 4.78 is 21.1. The summed E-state index contributed by atoms with van der Waals surface area (Å²) in [5.41, 5.74) is 1.64. The highest BCUT2D eigenvalue weighted by Crippen LogP contribution is 2.37. The van der Waals surface area contributed by atoms with Crippen molar-refractivity contribution in [3.63, 3.8) is 0 Å². The van der Waals surface area contributed by atoms with Crippen molar-refractivity contribution in [1.29, 1.82) is 0 Å². The molecule has 1 aromatic carbocycles. The molecule has 1 atom stereocenters. The van der Waals surface area contributed by atoms with E-state index in [9.17, 15) is 4.79 Å². The number of benzene rings is 1. The lowest BCUT2D eigenvalue weighted by Crippen LogP contribution is -2.36. The topological polar surface area (TPSA) is 82.8 Å². The van der Waals surface area contributed by atoms with Crippen molar-refractivity contribution >= 4 is 5.91 Å². The first-order valence-corrected chi connectivity index (χ1v) is 7.26. The highest BCUT2D eigenvalue weighted by molar-refractivity contribution is 6.00. The number of hydrogen-bond acceptors (Lipinski definition) is 6. The van der Waals surface area contributed by atoms with Crippen LogP contribution in [0.4, 0.5) is 0 Å². The van der Waals surface area contributed by atoms with Crippen molar-refractivity contribution in [2.45, 2.75) is 19.9 Å². The molecule has 2 heterocycles. The fraction of sp³-hybridized carbons (Fsp3) is 0.375. The third-order valence-electron chi connectivity index (χ3n) is 3.52. The number of rotatable bonds is 5. The van der Waals surface area contributed by atoms with Gasteiger partial charge in [0.25, 0.3) is 5.91 Å². The summed E-state index contributed by atoms with van der Waals surface area (Å²) in [6.45, 7) is 4.21. The average molecular weight is 318 g/mol. The van der Waals surface area contributed by atoms with Crippen LogP contribution in [0.15, 0.2) is 22.7 Å². The van der Waals surface area contributed by atoms with Gasteiger partial charge in [0.1, 0.15) is 5.56 Å². The number of nitrogens with one attached hydrogen (secondary N) is 1. The molecule has 2 aromatic rings. The average Bonchev–Trinajstić information content (AvgIpc) is 3.12. The van der Waals surface area contributed by atoms with Crippen LogP contribution >= 0.6 is 0 Å². The number of hydrogen-bond donors (Lipinski definition) is 1. The van der Waals surface area contributed by atoms with Gasteiger partial charge in [-0.3, -0.25) is 4.79 Å². The zero-order chi connectivity index (χ0) is 16.4. The van der Waals surface area contributed by atoms with Crippen molar-refractivity contribution < 1.29 is 23.5 Å². The molecule has 1 N–H and O–H groups in total. The van der Waals surface area contributed by atoms with Gasteiger partial charge < -0.3 is 24.1 Å². The number of carbonyl (C=O) groups is 1. The number of methoxy groups -OCH3 is 1. The maximum Gasteiger partial charge on any atom is 0.257 e. The van der Waals surface area contributed by atoms with Gasteiger partial charge >= 0.3 is 0 Å². The Bertz CT molecular complexity index is 725. The van der Waals surface area contributed by atoms with Crippen molar-refractivity contribution in [1.82, 2.24) is 10.5 Å². The predicted molar refractivity (Wildman–Crippen MR) is 81.6 cm³/mol. The Morgan fingerprint density at radius 2 is 2.17 bits per heavy atom. The molecule has 122 valence electrons. The maximum atomic E-state index is 12.5. The van der Waals surface area contributed by atoms with Crippen LogP contribution in [0.1, 0.15) is 23.0 Å². The monoisotopic (exact) mass is 318 g/mol. The molecule has 7 nitrogen and oxygen atoms in total. The first-order chi connectivity index (χ1) is 11.1. The van der Waals surface area contributed by atoms with Gasteiger partial charge in [0.15, 0.2) is 17.3 Å². The number of carbonyl (C=O) groups excluding carboxylic acids is 1. The zero-order valence-corrected chi connectivity index (χ0v) is 13.2. The molecule has 0 saturated carbocycles. The quantitative estimate of drug-likeness (QED) is 0.909. The molecule has 0 fully saturated rings. The number of amides is 1. The molecule has 1 amide bonds. The van der Waals surface area contributed by atoms with Crippen molar-refractivity contribution in [3.05, 3.63) is 29.5 Å². The van der Waals surface area contributed by atoms with Crippen LogP contribution in [0.3, 0.4) is 0 Å². The zero-order valence-electron chi connectivity index (χ0n) is 13.2. The Morgan fingerprint density at radius 3 is 2.96 bits per heavy atom. The largest absolute Gasteiger partial charge is 0.454 e. The number of fused-ring (bicyclic) bond motifs is 1. The van der Waals surface area contributed by atoms with Gasteiger partial charge in [0, 0.05) is 18.7 Å². The maximum absolute atomic E-state index is 12.5. The Hall–Kier alpha value is -2.54. The highest BCUT2D eigenvalue weighted by Gasteiger charge is 2.24. The minimum atomic E-state index is -0.249. The smallest absolute Gasteiger partial charge is 0.257 e. The van der Waals surface area contributed by atoms with Gasteiger partial charge in [-0.25, -0.2) is 0 Å². The van der Waals surface area contributed by atoms with Crippen molar-refractivity contribution in [3.8, 4) is 22.8 Å². The van der Waals surface area contributed by atoms with E-state index in [0.717, 1.165) is 0 Å². The molecule has 0 spiro atoms. The Morgan fingerprint density at radius 1 is 1.39 bits per heavy atom. The SMILES string of the molecule is COC[C@H](C)NC(=O)c1c(C)noc1-c1ccc2c(c1)OCO2. The lowest BCUT2D eigenvalue weighted by atomic mass is 10.1. The Kier molecular flexibility index (Phi) is 4.20. The Labute approximate surface area is 133 Å². The van der Waals surface area contributed by atoms with E-state index in [-0.39, 0.29) is 18.7 Å². The van der Waals surface area contributed by atoms with Crippen molar-refractivity contribution in [2.75, 3.05) is 20.5 Å². The van der Waals surface area contributed by atoms with Crippen molar-refractivity contribution in [2.24, 2.45) is 0 Å². The van der Waals surface area contributed by atoms with Crippen LogP contribution in [0.5, 0.6) is 11.5 Å². The van der Waals surface area contributed by atoms with E-state index >= 15 is 0 Å². The molecule has 1 aliphatic rings. The molecular formula is C16H18N2O5. The van der Waals surface area contributed by atoms with Crippen LogP contribution in [0, 0.1) is 6.92 Å². The fourth-order valence-corrected chi connectivity index (χ4v) is 2.46. The lowest BCUT2D eigenvalue weighted by Gasteiger charge is -2.12. The molecule has 0 aliphatic carbocycles. The lowest BCUT2D eigenvalue weighted by molar-refractivity contribution is 0.0905. The molecule has 0 unspecified atom stereocenters. The summed E-state index contributed by atoms with van der Waals surface area (Å²) >= 11 is 0. The highest BCUT2D eigenvalue weighted by atomic mass is 16.7. The second-order valence-corrected chi connectivity index (χ2v) is 5.37. The van der Waals surface area contributed by atoms with Gasteiger partial charge in [-0.05, 0) is 32.0 Å². The second kappa shape index (κ2) is 6.29. The standard InChI is InChI=1S/C16H18N2O5/c1-9(7-20-3)17-16(19)14-10(2)18-23-15(14)11-4-5-12-13(6-11)22-8-21-12/h4-6,9H,7-8H2,1-3H3,(H,17,19)/t9-/m0/s1. The summed E-state index contributed by atoms with van der Waals surface area (Å²) in [6.07, 6.45) is 0. The Balaban J connectivity index is 1.91. The van der Waals surface area contributed by atoms with Gasteiger partial charge in [-0.2, -0.15) is 0 Å². The van der Waals surface area contributed by atoms with E-state index in [0.29, 0.717) is 40.7 Å². The molecular weight excluding hydrogens is 300 g/mol. The molecule has 1 aromatic heterocycles. The minimum absolute atomic E-state index is 0.119. The van der Waals surface area contributed by atoms with Gasteiger partial charge in [0.2, 0.25) is 6.79 Å². The van der Waals surface area contributed by atoms with Crippen LogP contribution in [-0.2, 0) is 4.74 Å². The van der Waals surface area contributed by atoms with E-state index in [1.54, 1.807) is 26.2 Å². The molecule has 7 heteroatoms. The summed E-state index contributed by atoms with van der Waals surface area (Å²) in [5, 5.41) is 6.79. The molecule has 0 bridgehead atoms. The molecule has 0 radical (unpaired) electrons. The van der Waals surface area contributed by atoms with Crippen LogP contribution < -0.4 is 14.8 Å². The summed E-state index contributed by atoms with van der Waals surface area (Å²) in [4.78, 5) is 12.5. The fourth-order valence-electron chi connectivity index (χ4n) is 2.46. The predicted octanol–water partition coefficient (Wildman–Crippen LogP) is 2.14. The van der Waals surface area contributed by atoms with E-state index in [4.69, 9.17) is 18.7 Å². The second-order valence-electron chi connectivity index (χ2n) is 5.37. The first-order valence-electron chi connectivity index (χ1n) is 7.26. The van der Waals surface area contributed by atoms with E-state index in [1.807, 2.05) is 13.0 Å². The third-order valence-corrected chi connectivity index (χ3v) is 3.52. The van der Waals surface area contributed by atoms with Crippen LogP contribution in [0.2, 0.25) is 0 Å². The minimum Gasteiger partial charge on any atom is -0.454 e.